The van der Waals surface area contributed by atoms with E-state index in [1.807, 2.05) is 0 Å². The van der Waals surface area contributed by atoms with Gasteiger partial charge in [-0.25, -0.2) is 0 Å². The normalized spacial score (nSPS) is 15.1. The number of thioether (sulfide) groups is 1. The van der Waals surface area contributed by atoms with E-state index in [0.717, 1.165) is 6.92 Å². The summed E-state index contributed by atoms with van der Waals surface area (Å²) >= 11 is 1.37. The van der Waals surface area contributed by atoms with Crippen LogP contribution in [0.2, 0.25) is 0 Å². The van der Waals surface area contributed by atoms with Crippen LogP contribution < -0.4 is 120 Å². The average molecular weight is 1830 g/mol. The zero-order valence-electron chi connectivity index (χ0n) is 76.0. The minimum absolute atomic E-state index is 0.00753. The number of carbonyl (C=O) groups excluding carboxylic acids is 15. The van der Waals surface area contributed by atoms with Gasteiger partial charge in [0.1, 0.15) is 90.6 Å². The van der Waals surface area contributed by atoms with Gasteiger partial charge in [0.2, 0.25) is 88.6 Å². The van der Waals surface area contributed by atoms with Crippen LogP contribution in [0.15, 0.2) is 4.99 Å². The van der Waals surface area contributed by atoms with Crippen molar-refractivity contribution in [1.29, 1.82) is 0 Å². The summed E-state index contributed by atoms with van der Waals surface area (Å²) in [4.78, 5) is 252. The molecule has 0 heterocycles. The third-order valence-electron chi connectivity index (χ3n) is 20.0. The van der Waals surface area contributed by atoms with Gasteiger partial charge < -0.3 is 140 Å². The topological polar surface area (TPSA) is 763 Å². The van der Waals surface area contributed by atoms with Crippen molar-refractivity contribution in [1.82, 2.24) is 79.8 Å². The SMILES string of the molecule is CSCC[C@H](NC(=O)[C@H](CC(C)C)NC(=O)[C@H](CCCCN)NC(=O)[C@H](CCCCN)NC(=O)[C@H](CCCCN)NC(=O)[C@H](CCC(=O)O)NC(=O)[C@H](CC(C)C)NC(=O)[C@H](CC(C)C)NC(=O)[C@H](C)NC(=O)[C@H](CC(=O)O)NC(=O)[C@H](CO)NC(=O)[C@@H](NC(=O)[C@H](CCCN=C(N)N)NC(=O)[C@@H](NC(=O)[C@@H](N)CCCCN)C(C)C)C(C)C)C(=O)N[C@@H](C)C(=O)O. The Balaban J connectivity index is 7.12. The van der Waals surface area contributed by atoms with E-state index in [2.05, 4.69) is 84.7 Å². The van der Waals surface area contributed by atoms with Crippen molar-refractivity contribution >= 4 is 124 Å². The highest BCUT2D eigenvalue weighted by Crippen LogP contribution is 2.17. The molecule has 0 saturated heterocycles. The van der Waals surface area contributed by atoms with Gasteiger partial charge in [-0.05, 0) is 197 Å². The van der Waals surface area contributed by atoms with Crippen LogP contribution in [0.25, 0.3) is 0 Å². The van der Waals surface area contributed by atoms with Crippen LogP contribution in [0.1, 0.15) is 218 Å². The smallest absolute Gasteiger partial charge is 0.325 e. The third-order valence-corrected chi connectivity index (χ3v) is 20.6. The summed E-state index contributed by atoms with van der Waals surface area (Å²) in [6.45, 7) is 18.8. The first-order chi connectivity index (χ1) is 59.6. The van der Waals surface area contributed by atoms with Crippen molar-refractivity contribution in [2.75, 3.05) is 51.3 Å². The molecule has 0 rings (SSSR count). The van der Waals surface area contributed by atoms with Crippen LogP contribution in [0.5, 0.6) is 0 Å². The lowest BCUT2D eigenvalue weighted by atomic mass is 9.99. The molecule has 0 radical (unpaired) electrons. The lowest BCUT2D eigenvalue weighted by Gasteiger charge is -2.29. The second kappa shape index (κ2) is 63.7. The van der Waals surface area contributed by atoms with E-state index >= 15 is 0 Å². The van der Waals surface area contributed by atoms with Crippen LogP contribution in [0, 0.1) is 29.6 Å². The zero-order chi connectivity index (χ0) is 96.9. The minimum atomic E-state index is -2.02. The van der Waals surface area contributed by atoms with Gasteiger partial charge in [0.15, 0.2) is 5.96 Å². The molecule has 0 aliphatic carbocycles. The van der Waals surface area contributed by atoms with E-state index in [9.17, 15) is 107 Å². The zero-order valence-corrected chi connectivity index (χ0v) is 76.8. The van der Waals surface area contributed by atoms with E-state index in [0.29, 0.717) is 50.8 Å². The standard InChI is InChI=1S/C81H149N23O22S/c1-42(2)37-56(98-65(110)47(11)90-73(118)59(40-62(108)109)101-77(122)60(41-105)102-79(124)64(46(9)10)104-72(117)53(27-22-35-89-81(87)88)97-78(123)63(45(7)8)103-66(111)49(86)23-14-18-31-82)76(121)100-58(39-44(5)6)74(119)95-54(28-29-61(106)107)71(116)94-51(25-16-20-33-84)69(114)92-50(24-15-19-32-83)68(113)93-52(26-17-21-34-85)70(115)99-57(38-43(3)4)75(120)96-55(30-36-127-13)67(112)91-48(12)80(125)126/h42-60,63-64,105H,14-41,82-86H2,1-13H3,(H,90,118)(H,91,112)(H,92,114)(H,93,113)(H,94,116)(H,95,119)(H,96,120)(H,97,123)(H,98,110)(H,99,115)(H,100,121)(H,101,122)(H,102,124)(H,103,111)(H,104,117)(H,106,107)(H,108,109)(H,125,126)(H4,87,88,89)/t47-,48-,49-,50-,51-,52-,53-,54-,55-,56-,57-,58-,59-,60-,63-,64-/m0/s1. The Labute approximate surface area is 748 Å². The molecule has 46 heteroatoms. The highest BCUT2D eigenvalue weighted by atomic mass is 32.2. The summed E-state index contributed by atoms with van der Waals surface area (Å²) in [6, 6.07) is -23.4. The van der Waals surface area contributed by atoms with Gasteiger partial charge in [0.05, 0.1) is 19.1 Å². The van der Waals surface area contributed by atoms with Crippen LogP contribution >= 0.6 is 11.8 Å². The molecule has 0 aromatic rings. The fourth-order valence-corrected chi connectivity index (χ4v) is 13.2. The highest BCUT2D eigenvalue weighted by molar-refractivity contribution is 7.98. The van der Waals surface area contributed by atoms with Gasteiger partial charge >= 0.3 is 17.9 Å². The van der Waals surface area contributed by atoms with Crippen molar-refractivity contribution < 1.29 is 107 Å². The Bertz CT molecular complexity index is 3560. The maximum Gasteiger partial charge on any atom is 0.325 e. The molecule has 16 atom stereocenters. The molecule has 0 aromatic carbocycles. The first-order valence-electron chi connectivity index (χ1n) is 43.6. The van der Waals surface area contributed by atoms with Crippen molar-refractivity contribution in [2.24, 2.45) is 74.7 Å². The molecule has 45 nitrogen and oxygen atoms in total. The molecule has 0 unspecified atom stereocenters. The number of hydrogen-bond donors (Lipinski definition) is 26. The second-order valence-corrected chi connectivity index (χ2v) is 34.5. The summed E-state index contributed by atoms with van der Waals surface area (Å²) in [7, 11) is 0. The number of aliphatic hydroxyl groups is 1. The van der Waals surface area contributed by atoms with E-state index in [4.69, 9.17) is 40.1 Å². The summed E-state index contributed by atoms with van der Waals surface area (Å²) in [5.74, 6) is -20.7. The number of carboxylic acids is 3. The molecule has 15 amide bonds. The van der Waals surface area contributed by atoms with Crippen LogP contribution in [0.3, 0.4) is 0 Å². The number of carboxylic acid groups (broad SMARTS) is 3. The number of amides is 15. The number of aliphatic carboxylic acids is 3. The Kier molecular flexibility index (Phi) is 58.6. The monoisotopic (exact) mass is 1830 g/mol. The third kappa shape index (κ3) is 48.6. The minimum Gasteiger partial charge on any atom is -0.481 e. The number of nitrogens with zero attached hydrogens (tertiary/aromatic N) is 1. The van der Waals surface area contributed by atoms with E-state index in [1.165, 1.54) is 32.5 Å². The molecular weight excluding hydrogens is 1680 g/mol. The number of carbonyl (C=O) groups is 18. The number of rotatable bonds is 68. The molecule has 33 N–H and O–H groups in total. The molecule has 0 aliphatic heterocycles. The molecule has 0 aliphatic rings. The second-order valence-electron chi connectivity index (χ2n) is 33.5. The van der Waals surface area contributed by atoms with E-state index in [1.54, 1.807) is 61.6 Å². The number of hydrogen-bond acceptors (Lipinski definition) is 26. The predicted molar refractivity (Wildman–Crippen MR) is 475 cm³/mol. The van der Waals surface area contributed by atoms with E-state index < -0.39 is 241 Å². The largest absolute Gasteiger partial charge is 0.481 e. The quantitative estimate of drug-likeness (QED) is 0.0154. The fourth-order valence-electron chi connectivity index (χ4n) is 12.8. The molecule has 726 valence electrons. The molecule has 127 heavy (non-hydrogen) atoms. The molecule has 0 aromatic heterocycles. The number of aliphatic hydroxyl groups excluding tert-OH is 1. The van der Waals surface area contributed by atoms with Crippen LogP contribution in [-0.2, 0) is 86.3 Å². The number of aliphatic imine (C=N–C) groups is 1. The molecule has 0 spiro atoms. The fraction of sp³-hybridized carbons (Fsp3) is 0.765. The number of nitrogens with one attached hydrogen (secondary N) is 15. The summed E-state index contributed by atoms with van der Waals surface area (Å²) < 4.78 is 0. The van der Waals surface area contributed by atoms with Crippen molar-refractivity contribution in [3.8, 4) is 0 Å². The van der Waals surface area contributed by atoms with Gasteiger partial charge in [-0.3, -0.25) is 91.3 Å². The lowest BCUT2D eigenvalue weighted by Crippen LogP contribution is -2.62. The van der Waals surface area contributed by atoms with Gasteiger partial charge in [-0.1, -0.05) is 75.7 Å². The maximum absolute atomic E-state index is 14.7. The van der Waals surface area contributed by atoms with Gasteiger partial charge in [-0.15, -0.1) is 0 Å². The average Bonchev–Trinajstić information content (AvgIpc) is 0.855. The molecular formula is C81H149N23O22S. The highest BCUT2D eigenvalue weighted by Gasteiger charge is 2.40. The van der Waals surface area contributed by atoms with Crippen molar-refractivity contribution in [3.63, 3.8) is 0 Å². The lowest BCUT2D eigenvalue weighted by molar-refractivity contribution is -0.142. The first kappa shape index (κ1) is 117. The van der Waals surface area contributed by atoms with Gasteiger partial charge in [-0.2, -0.15) is 11.8 Å². The number of nitrogens with two attached hydrogens (primary N) is 7. The molecule has 0 saturated carbocycles. The molecule has 0 fully saturated rings. The Morgan fingerprint density at radius 3 is 0.953 bits per heavy atom. The maximum atomic E-state index is 14.7. The molecule has 0 bridgehead atoms. The Morgan fingerprint density at radius 2 is 0.606 bits per heavy atom. The predicted octanol–water partition coefficient (Wildman–Crippen LogP) is -5.19. The Morgan fingerprint density at radius 1 is 0.315 bits per heavy atom. The summed E-state index contributed by atoms with van der Waals surface area (Å²) in [5, 5.41) is 77.6. The number of guanidine groups is 1. The van der Waals surface area contributed by atoms with Crippen molar-refractivity contribution in [3.05, 3.63) is 0 Å². The summed E-state index contributed by atoms with van der Waals surface area (Å²) in [6.07, 6.45) is 2.33. The van der Waals surface area contributed by atoms with E-state index in [-0.39, 0.29) is 127 Å². The van der Waals surface area contributed by atoms with Gasteiger partial charge in [0.25, 0.3) is 0 Å². The number of unbranched alkanes of at least 4 members (excludes halogenated alkanes) is 4. The first-order valence-corrected chi connectivity index (χ1v) is 45.0. The Hall–Kier alpha value is -10.2. The van der Waals surface area contributed by atoms with Crippen LogP contribution in [-0.4, -0.2) is 281 Å². The van der Waals surface area contributed by atoms with Gasteiger partial charge in [0, 0.05) is 13.0 Å². The van der Waals surface area contributed by atoms with Crippen LogP contribution in [0.4, 0.5) is 0 Å². The van der Waals surface area contributed by atoms with Crippen molar-refractivity contribution in [2.45, 2.75) is 315 Å². The summed E-state index contributed by atoms with van der Waals surface area (Å²) in [5.41, 5.74) is 40.2.